The lowest BCUT2D eigenvalue weighted by Crippen LogP contribution is -2.79. The molecule has 0 bridgehead atoms. The van der Waals surface area contributed by atoms with Crippen molar-refractivity contribution in [2.45, 2.75) is 101 Å². The van der Waals surface area contributed by atoms with E-state index in [0.717, 1.165) is 44.9 Å². The number of rotatable bonds is 3. The van der Waals surface area contributed by atoms with Gasteiger partial charge in [0.25, 0.3) is 0 Å². The number of carbonyl (C=O) groups is 2. The van der Waals surface area contributed by atoms with Crippen LogP contribution in [-0.4, -0.2) is 46.6 Å². The molecule has 7 heteroatoms. The maximum atomic E-state index is 11.9. The van der Waals surface area contributed by atoms with E-state index in [0.29, 0.717) is 23.7 Å². The van der Waals surface area contributed by atoms with Gasteiger partial charge >= 0.3 is 12.1 Å². The predicted octanol–water partition coefficient (Wildman–Crippen LogP) is 3.45. The van der Waals surface area contributed by atoms with Crippen molar-refractivity contribution in [2.24, 2.45) is 34.8 Å². The summed E-state index contributed by atoms with van der Waals surface area (Å²) in [5.41, 5.74) is 7.18. The van der Waals surface area contributed by atoms with Crippen LogP contribution in [0.15, 0.2) is 0 Å². The molecule has 1 amide bonds. The molecule has 1 aliphatic heterocycles. The zero-order chi connectivity index (χ0) is 22.2. The van der Waals surface area contributed by atoms with E-state index in [1.807, 2.05) is 0 Å². The van der Waals surface area contributed by atoms with Crippen LogP contribution in [0.1, 0.15) is 78.6 Å². The summed E-state index contributed by atoms with van der Waals surface area (Å²) in [6.07, 6.45) is 8.80. The van der Waals surface area contributed by atoms with E-state index in [9.17, 15) is 9.59 Å². The minimum atomic E-state index is -1.06. The molecule has 0 aromatic rings. The van der Waals surface area contributed by atoms with Gasteiger partial charge in [-0.05, 0) is 94.8 Å². The third-order valence-corrected chi connectivity index (χ3v) is 10.3. The van der Waals surface area contributed by atoms with Crippen LogP contribution in [0, 0.1) is 29.1 Å². The van der Waals surface area contributed by atoms with E-state index < -0.39 is 18.6 Å². The summed E-state index contributed by atoms with van der Waals surface area (Å²) < 4.78 is 12.2. The molecule has 1 spiro atoms. The monoisotopic (exact) mass is 434 g/mol. The lowest BCUT2D eigenvalue weighted by atomic mass is 9.43. The van der Waals surface area contributed by atoms with Crippen molar-refractivity contribution in [1.29, 1.82) is 0 Å². The van der Waals surface area contributed by atoms with Crippen LogP contribution in [-0.2, 0) is 14.3 Å². The van der Waals surface area contributed by atoms with Gasteiger partial charge in [0.05, 0.1) is 11.2 Å². The van der Waals surface area contributed by atoms with Gasteiger partial charge in [0.15, 0.2) is 0 Å². The molecule has 0 aromatic heterocycles. The van der Waals surface area contributed by atoms with Gasteiger partial charge in [0.1, 0.15) is 12.6 Å². The van der Waals surface area contributed by atoms with Crippen molar-refractivity contribution in [2.75, 3.05) is 6.54 Å². The Balaban J connectivity index is 1.28. The van der Waals surface area contributed by atoms with Gasteiger partial charge in [-0.1, -0.05) is 6.92 Å². The average Bonchev–Trinajstić information content (AvgIpc) is 2.95. The van der Waals surface area contributed by atoms with Gasteiger partial charge in [-0.3, -0.25) is 4.79 Å². The van der Waals surface area contributed by atoms with Crippen LogP contribution in [0.5, 0.6) is 0 Å². The fourth-order valence-electron chi connectivity index (χ4n) is 8.99. The standard InChI is InChI=1S/C24H38N2O5/c1-21(2)18-8-10-23(25)17-5-4-14-12-15(30-20(29)26-13-19(27)28)6-9-22(14,3)16(17)7-11-24(18,23)31-21/h14-18H,4-13,25H2,1-3H3,(H,26,29)(H,27,28)/t14?,15-,16-,17+,18?,22-,23?,24-/m0/s1. The van der Waals surface area contributed by atoms with Gasteiger partial charge in [-0.25, -0.2) is 4.79 Å². The lowest BCUT2D eigenvalue weighted by molar-refractivity contribution is -0.340. The van der Waals surface area contributed by atoms with Crippen LogP contribution in [0.3, 0.4) is 0 Å². The second-order valence-corrected chi connectivity index (χ2v) is 11.8. The lowest BCUT2D eigenvalue weighted by Gasteiger charge is -2.70. The highest BCUT2D eigenvalue weighted by Crippen LogP contribution is 2.71. The Morgan fingerprint density at radius 3 is 2.55 bits per heavy atom. The first kappa shape index (κ1) is 21.5. The number of alkyl carbamates (subject to hydrolysis) is 1. The third-order valence-electron chi connectivity index (χ3n) is 10.3. The maximum Gasteiger partial charge on any atom is 0.407 e. The SMILES string of the molecule is CC1(C)O[C@]23CC[C@H]4[C@@H](CCC5C[C@@H](OC(=O)NCC(=O)O)CC[C@@]54C)C2(N)CCC13. The molecule has 0 radical (unpaired) electrons. The number of hydrogen-bond acceptors (Lipinski definition) is 5. The van der Waals surface area contributed by atoms with Gasteiger partial charge in [-0.2, -0.15) is 0 Å². The Hall–Kier alpha value is -1.34. The minimum absolute atomic E-state index is 0.0360. The van der Waals surface area contributed by atoms with E-state index >= 15 is 0 Å². The number of ether oxygens (including phenoxy) is 2. The van der Waals surface area contributed by atoms with Crippen molar-refractivity contribution in [3.05, 3.63) is 0 Å². The molecule has 4 saturated carbocycles. The van der Waals surface area contributed by atoms with Crippen LogP contribution in [0.4, 0.5) is 4.79 Å². The summed E-state index contributed by atoms with van der Waals surface area (Å²) in [5.74, 6) is 1.17. The topological polar surface area (TPSA) is 111 Å². The second-order valence-electron chi connectivity index (χ2n) is 11.8. The van der Waals surface area contributed by atoms with Gasteiger partial charge < -0.3 is 25.6 Å². The normalized spacial score (nSPS) is 49.5. The largest absolute Gasteiger partial charge is 0.480 e. The number of nitrogens with two attached hydrogens (primary N) is 1. The number of aliphatic carboxylic acids is 1. The highest BCUT2D eigenvalue weighted by Gasteiger charge is 2.76. The molecule has 1 heterocycles. The van der Waals surface area contributed by atoms with Crippen LogP contribution < -0.4 is 11.1 Å². The molecule has 4 N–H and O–H groups in total. The van der Waals surface area contributed by atoms with E-state index in [2.05, 4.69) is 26.1 Å². The van der Waals surface area contributed by atoms with Gasteiger partial charge in [0.2, 0.25) is 0 Å². The molecule has 174 valence electrons. The Morgan fingerprint density at radius 1 is 1.06 bits per heavy atom. The third kappa shape index (κ3) is 2.91. The number of amides is 1. The maximum absolute atomic E-state index is 11.9. The van der Waals surface area contributed by atoms with Crippen molar-refractivity contribution in [3.63, 3.8) is 0 Å². The summed E-state index contributed by atoms with van der Waals surface area (Å²) in [4.78, 5) is 22.6. The Labute approximate surface area is 184 Å². The van der Waals surface area contributed by atoms with Crippen LogP contribution >= 0.6 is 0 Å². The molecule has 4 aliphatic carbocycles. The summed E-state index contributed by atoms with van der Waals surface area (Å²) in [6.45, 7) is 6.50. The fraction of sp³-hybridized carbons (Fsp3) is 0.917. The van der Waals surface area contributed by atoms with Crippen molar-refractivity contribution < 1.29 is 24.2 Å². The first-order valence-corrected chi connectivity index (χ1v) is 12.2. The van der Waals surface area contributed by atoms with E-state index in [4.69, 9.17) is 20.3 Å². The number of carbonyl (C=O) groups excluding carboxylic acids is 1. The van der Waals surface area contributed by atoms with Crippen molar-refractivity contribution in [3.8, 4) is 0 Å². The van der Waals surface area contributed by atoms with Crippen LogP contribution in [0.25, 0.3) is 0 Å². The van der Waals surface area contributed by atoms with Crippen molar-refractivity contribution >= 4 is 12.1 Å². The highest BCUT2D eigenvalue weighted by atomic mass is 16.6. The molecular weight excluding hydrogens is 396 g/mol. The smallest absolute Gasteiger partial charge is 0.407 e. The Morgan fingerprint density at radius 2 is 1.84 bits per heavy atom. The molecule has 8 atom stereocenters. The molecular formula is C24H38N2O5. The Bertz CT molecular complexity index is 786. The highest BCUT2D eigenvalue weighted by molar-refractivity contribution is 5.76. The number of carboxylic acids is 1. The first-order valence-electron chi connectivity index (χ1n) is 12.2. The predicted molar refractivity (Wildman–Crippen MR) is 114 cm³/mol. The van der Waals surface area contributed by atoms with E-state index in [-0.39, 0.29) is 28.3 Å². The molecule has 31 heavy (non-hydrogen) atoms. The molecule has 5 fully saturated rings. The quantitative estimate of drug-likeness (QED) is 0.627. The number of nitrogens with one attached hydrogen (secondary N) is 1. The summed E-state index contributed by atoms with van der Waals surface area (Å²) in [7, 11) is 0. The summed E-state index contributed by atoms with van der Waals surface area (Å²) >= 11 is 0. The molecule has 5 rings (SSSR count). The molecule has 0 aromatic carbocycles. The summed E-state index contributed by atoms with van der Waals surface area (Å²) in [5, 5.41) is 11.0. The molecule has 5 aliphatic rings. The number of fused-ring (bicyclic) bond motifs is 4. The minimum Gasteiger partial charge on any atom is -0.480 e. The fourth-order valence-corrected chi connectivity index (χ4v) is 8.99. The summed E-state index contributed by atoms with van der Waals surface area (Å²) in [6, 6.07) is 0. The Kier molecular flexibility index (Phi) is 4.74. The van der Waals surface area contributed by atoms with E-state index in [1.165, 1.54) is 12.8 Å². The van der Waals surface area contributed by atoms with Gasteiger partial charge in [0, 0.05) is 11.5 Å². The zero-order valence-electron chi connectivity index (χ0n) is 19.1. The molecule has 3 unspecified atom stereocenters. The number of hydrogen-bond donors (Lipinski definition) is 3. The first-order chi connectivity index (χ1) is 14.5. The van der Waals surface area contributed by atoms with E-state index in [1.54, 1.807) is 0 Å². The van der Waals surface area contributed by atoms with Crippen molar-refractivity contribution in [1.82, 2.24) is 5.32 Å². The molecule has 7 nitrogen and oxygen atoms in total. The second kappa shape index (κ2) is 6.83. The number of carboxylic acid groups (broad SMARTS) is 1. The van der Waals surface area contributed by atoms with Crippen LogP contribution in [0.2, 0.25) is 0 Å². The average molecular weight is 435 g/mol. The molecule has 1 saturated heterocycles. The zero-order valence-corrected chi connectivity index (χ0v) is 19.1. The van der Waals surface area contributed by atoms with Gasteiger partial charge in [-0.15, -0.1) is 0 Å².